The number of rotatable bonds is 4. The molecule has 104 valence electrons. The SMILES string of the molecule is COc1cc(=O)n(Cc2ccccc2[N+](=O)[O-])cc1Br. The first-order chi connectivity index (χ1) is 9.52. The summed E-state index contributed by atoms with van der Waals surface area (Å²) in [5.41, 5.74) is 0.172. The van der Waals surface area contributed by atoms with E-state index in [1.165, 1.54) is 23.8 Å². The molecule has 0 saturated heterocycles. The minimum Gasteiger partial charge on any atom is -0.495 e. The molecule has 0 aliphatic rings. The highest BCUT2D eigenvalue weighted by atomic mass is 79.9. The molecule has 1 heterocycles. The molecule has 2 rings (SSSR count). The third-order valence-corrected chi connectivity index (χ3v) is 3.39. The summed E-state index contributed by atoms with van der Waals surface area (Å²) in [4.78, 5) is 22.4. The highest BCUT2D eigenvalue weighted by Crippen LogP contribution is 2.23. The summed E-state index contributed by atoms with van der Waals surface area (Å²) < 4.78 is 7.02. The molecule has 0 aliphatic carbocycles. The van der Waals surface area contributed by atoms with E-state index < -0.39 is 4.92 Å². The first-order valence-electron chi connectivity index (χ1n) is 5.69. The fourth-order valence-electron chi connectivity index (χ4n) is 1.81. The molecule has 2 aromatic rings. The zero-order chi connectivity index (χ0) is 14.7. The third-order valence-electron chi connectivity index (χ3n) is 2.79. The van der Waals surface area contributed by atoms with E-state index in [2.05, 4.69) is 15.9 Å². The van der Waals surface area contributed by atoms with Crippen molar-refractivity contribution in [3.05, 3.63) is 67.0 Å². The summed E-state index contributed by atoms with van der Waals surface area (Å²) >= 11 is 3.28. The molecule has 0 radical (unpaired) electrons. The Morgan fingerprint density at radius 2 is 2.10 bits per heavy atom. The number of nitro benzene ring substituents is 1. The Labute approximate surface area is 122 Å². The molecule has 0 N–H and O–H groups in total. The van der Waals surface area contributed by atoms with Crippen molar-refractivity contribution in [2.45, 2.75) is 6.54 Å². The maximum Gasteiger partial charge on any atom is 0.274 e. The number of hydrogen-bond donors (Lipinski definition) is 0. The van der Waals surface area contributed by atoms with Gasteiger partial charge in [-0.15, -0.1) is 0 Å². The fraction of sp³-hybridized carbons (Fsp3) is 0.154. The molecule has 1 aromatic heterocycles. The first-order valence-corrected chi connectivity index (χ1v) is 6.48. The second-order valence-electron chi connectivity index (χ2n) is 4.04. The number of halogens is 1. The zero-order valence-corrected chi connectivity index (χ0v) is 12.2. The fourth-order valence-corrected chi connectivity index (χ4v) is 2.34. The van der Waals surface area contributed by atoms with Gasteiger partial charge < -0.3 is 9.30 Å². The highest BCUT2D eigenvalue weighted by molar-refractivity contribution is 9.10. The van der Waals surface area contributed by atoms with Gasteiger partial charge in [0.1, 0.15) is 5.75 Å². The monoisotopic (exact) mass is 338 g/mol. The number of pyridine rings is 1. The van der Waals surface area contributed by atoms with Crippen molar-refractivity contribution in [2.24, 2.45) is 0 Å². The average Bonchev–Trinajstić information content (AvgIpc) is 2.42. The number of hydrogen-bond acceptors (Lipinski definition) is 4. The van der Waals surface area contributed by atoms with E-state index in [9.17, 15) is 14.9 Å². The van der Waals surface area contributed by atoms with E-state index >= 15 is 0 Å². The summed E-state index contributed by atoms with van der Waals surface area (Å²) in [6.07, 6.45) is 1.55. The standard InChI is InChI=1S/C13H11BrN2O4/c1-20-12-6-13(17)15(8-10(12)14)7-9-4-2-3-5-11(9)16(18)19/h2-6,8H,7H2,1H3. The molecule has 0 aliphatic heterocycles. The van der Waals surface area contributed by atoms with Gasteiger partial charge in [-0.3, -0.25) is 14.9 Å². The van der Waals surface area contributed by atoms with Gasteiger partial charge in [-0.2, -0.15) is 0 Å². The van der Waals surface area contributed by atoms with Gasteiger partial charge >= 0.3 is 0 Å². The zero-order valence-electron chi connectivity index (χ0n) is 10.6. The average molecular weight is 339 g/mol. The highest BCUT2D eigenvalue weighted by Gasteiger charge is 2.14. The van der Waals surface area contributed by atoms with E-state index in [0.717, 1.165) is 0 Å². The smallest absolute Gasteiger partial charge is 0.274 e. The lowest BCUT2D eigenvalue weighted by Gasteiger charge is -2.09. The minimum atomic E-state index is -0.459. The molecule has 0 fully saturated rings. The number of para-hydroxylation sites is 1. The van der Waals surface area contributed by atoms with Crippen molar-refractivity contribution in [1.82, 2.24) is 4.57 Å². The van der Waals surface area contributed by atoms with Crippen molar-refractivity contribution in [3.8, 4) is 5.75 Å². The second kappa shape index (κ2) is 5.87. The Morgan fingerprint density at radius 1 is 1.40 bits per heavy atom. The number of ether oxygens (including phenoxy) is 1. The van der Waals surface area contributed by atoms with Crippen LogP contribution in [0.25, 0.3) is 0 Å². The number of nitrogens with zero attached hydrogens (tertiary/aromatic N) is 2. The van der Waals surface area contributed by atoms with Crippen LogP contribution < -0.4 is 10.3 Å². The van der Waals surface area contributed by atoms with Crippen molar-refractivity contribution in [1.29, 1.82) is 0 Å². The molecule has 1 aromatic carbocycles. The van der Waals surface area contributed by atoms with Crippen LogP contribution in [0.1, 0.15) is 5.56 Å². The van der Waals surface area contributed by atoms with Gasteiger partial charge in [0.2, 0.25) is 0 Å². The summed E-state index contributed by atoms with van der Waals surface area (Å²) in [6.45, 7) is 0.124. The second-order valence-corrected chi connectivity index (χ2v) is 4.90. The molecule has 20 heavy (non-hydrogen) atoms. The molecule has 0 saturated carbocycles. The molecule has 0 atom stereocenters. The van der Waals surface area contributed by atoms with Gasteiger partial charge in [-0.25, -0.2) is 0 Å². The minimum absolute atomic E-state index is 0.00802. The number of benzene rings is 1. The maximum atomic E-state index is 11.9. The van der Waals surface area contributed by atoms with Gasteiger partial charge in [-0.1, -0.05) is 18.2 Å². The molecular formula is C13H11BrN2O4. The first kappa shape index (κ1) is 14.3. The van der Waals surface area contributed by atoms with E-state index in [-0.39, 0.29) is 17.8 Å². The predicted octanol–water partition coefficient (Wildman–Crippen LogP) is 2.58. The van der Waals surface area contributed by atoms with Crippen LogP contribution in [0, 0.1) is 10.1 Å². The normalized spacial score (nSPS) is 10.3. The molecule has 6 nitrogen and oxygen atoms in total. The van der Waals surface area contributed by atoms with Gasteiger partial charge in [0, 0.05) is 23.9 Å². The van der Waals surface area contributed by atoms with Gasteiger partial charge in [-0.05, 0) is 15.9 Å². The number of nitro groups is 1. The number of methoxy groups -OCH3 is 1. The van der Waals surface area contributed by atoms with Gasteiger partial charge in [0.25, 0.3) is 11.2 Å². The van der Waals surface area contributed by atoms with Crippen molar-refractivity contribution < 1.29 is 9.66 Å². The van der Waals surface area contributed by atoms with Crippen LogP contribution in [0.15, 0.2) is 45.8 Å². The van der Waals surface area contributed by atoms with Crippen LogP contribution in [-0.2, 0) is 6.54 Å². The van der Waals surface area contributed by atoms with E-state index in [1.54, 1.807) is 24.4 Å². The van der Waals surface area contributed by atoms with Crippen molar-refractivity contribution in [2.75, 3.05) is 7.11 Å². The van der Waals surface area contributed by atoms with Gasteiger partial charge in [0.05, 0.1) is 23.1 Å². The number of aromatic nitrogens is 1. The van der Waals surface area contributed by atoms with Crippen molar-refractivity contribution >= 4 is 21.6 Å². The van der Waals surface area contributed by atoms with Crippen LogP contribution in [0.4, 0.5) is 5.69 Å². The maximum absolute atomic E-state index is 11.9. The summed E-state index contributed by atoms with van der Waals surface area (Å²) in [7, 11) is 1.46. The summed E-state index contributed by atoms with van der Waals surface area (Å²) in [5, 5.41) is 11.0. The Bertz CT molecular complexity index is 712. The lowest BCUT2D eigenvalue weighted by Crippen LogP contribution is -2.20. The van der Waals surface area contributed by atoms with Crippen LogP contribution in [-0.4, -0.2) is 16.6 Å². The van der Waals surface area contributed by atoms with E-state index in [0.29, 0.717) is 15.8 Å². The predicted molar refractivity (Wildman–Crippen MR) is 77.2 cm³/mol. The van der Waals surface area contributed by atoms with Crippen LogP contribution in [0.5, 0.6) is 5.75 Å². The molecule has 0 bridgehead atoms. The Morgan fingerprint density at radius 3 is 2.75 bits per heavy atom. The third kappa shape index (κ3) is 2.88. The topological polar surface area (TPSA) is 74.4 Å². The Kier molecular flexibility index (Phi) is 4.19. The summed E-state index contributed by atoms with van der Waals surface area (Å²) in [5.74, 6) is 0.425. The van der Waals surface area contributed by atoms with Crippen molar-refractivity contribution in [3.63, 3.8) is 0 Å². The lowest BCUT2D eigenvalue weighted by atomic mass is 10.2. The van der Waals surface area contributed by atoms with Crippen LogP contribution in [0.2, 0.25) is 0 Å². The quantitative estimate of drug-likeness (QED) is 0.634. The molecule has 0 amide bonds. The largest absolute Gasteiger partial charge is 0.495 e. The molecule has 7 heteroatoms. The Hall–Kier alpha value is -2.15. The molecule has 0 spiro atoms. The van der Waals surface area contributed by atoms with E-state index in [1.807, 2.05) is 0 Å². The van der Waals surface area contributed by atoms with Crippen LogP contribution >= 0.6 is 15.9 Å². The molecular weight excluding hydrogens is 328 g/mol. The van der Waals surface area contributed by atoms with Gasteiger partial charge in [0.15, 0.2) is 0 Å². The van der Waals surface area contributed by atoms with E-state index in [4.69, 9.17) is 4.74 Å². The Balaban J connectivity index is 2.43. The van der Waals surface area contributed by atoms with Crippen LogP contribution in [0.3, 0.4) is 0 Å². The molecule has 0 unspecified atom stereocenters. The summed E-state index contributed by atoms with van der Waals surface area (Å²) in [6, 6.07) is 7.67. The lowest BCUT2D eigenvalue weighted by molar-refractivity contribution is -0.385.